The molecule has 0 amide bonds. The molecule has 0 bridgehead atoms. The number of aliphatic hydroxyl groups excluding tert-OH is 1. The summed E-state index contributed by atoms with van der Waals surface area (Å²) >= 11 is 18.4. The SMILES string of the molecule is OCC(CSC(CS)CSCCS)SCCS. The van der Waals surface area contributed by atoms with Crippen LogP contribution in [0.3, 0.4) is 0 Å². The average molecular weight is 351 g/mol. The van der Waals surface area contributed by atoms with Crippen LogP contribution in [0.1, 0.15) is 0 Å². The van der Waals surface area contributed by atoms with Crippen LogP contribution in [0.4, 0.5) is 0 Å². The van der Waals surface area contributed by atoms with Crippen LogP contribution in [0.5, 0.6) is 0 Å². The van der Waals surface area contributed by atoms with Gasteiger partial charge in [0.2, 0.25) is 0 Å². The van der Waals surface area contributed by atoms with Gasteiger partial charge >= 0.3 is 0 Å². The summed E-state index contributed by atoms with van der Waals surface area (Å²) < 4.78 is 0. The van der Waals surface area contributed by atoms with Crippen LogP contribution in [0.2, 0.25) is 0 Å². The summed E-state index contributed by atoms with van der Waals surface area (Å²) in [4.78, 5) is 0. The molecule has 0 aliphatic carbocycles. The average Bonchev–Trinajstić information content (AvgIpc) is 2.36. The van der Waals surface area contributed by atoms with Gasteiger partial charge in [-0.25, -0.2) is 0 Å². The molecule has 1 nitrogen and oxygen atoms in total. The molecule has 17 heavy (non-hydrogen) atoms. The van der Waals surface area contributed by atoms with Gasteiger partial charge in [0.1, 0.15) is 0 Å². The van der Waals surface area contributed by atoms with E-state index in [2.05, 4.69) is 37.9 Å². The molecule has 1 N–H and O–H groups in total. The molecular formula is C10H22OS6. The summed E-state index contributed by atoms with van der Waals surface area (Å²) in [6.45, 7) is 0.258. The fraction of sp³-hybridized carbons (Fsp3) is 1.00. The van der Waals surface area contributed by atoms with Crippen molar-refractivity contribution in [2.75, 3.05) is 46.9 Å². The first-order valence-electron chi connectivity index (χ1n) is 5.52. The van der Waals surface area contributed by atoms with Crippen molar-refractivity contribution in [3.63, 3.8) is 0 Å². The van der Waals surface area contributed by atoms with E-state index in [0.29, 0.717) is 10.5 Å². The summed E-state index contributed by atoms with van der Waals surface area (Å²) in [5.74, 6) is 6.96. The predicted molar refractivity (Wildman–Crippen MR) is 98.5 cm³/mol. The van der Waals surface area contributed by atoms with E-state index in [9.17, 15) is 5.11 Å². The normalized spacial score (nSPS) is 14.8. The molecule has 7 heteroatoms. The fourth-order valence-electron chi connectivity index (χ4n) is 1.05. The van der Waals surface area contributed by atoms with Gasteiger partial charge in [-0.3, -0.25) is 0 Å². The Morgan fingerprint density at radius 1 is 0.882 bits per heavy atom. The second-order valence-electron chi connectivity index (χ2n) is 3.34. The molecule has 0 heterocycles. The van der Waals surface area contributed by atoms with Crippen molar-refractivity contribution in [1.29, 1.82) is 0 Å². The lowest BCUT2D eigenvalue weighted by atomic mass is 10.5. The first kappa shape index (κ1) is 19.1. The Bertz CT molecular complexity index is 160. The minimum atomic E-state index is 0.258. The zero-order valence-electron chi connectivity index (χ0n) is 9.83. The second-order valence-corrected chi connectivity index (χ2v) is 8.49. The third-order valence-corrected chi connectivity index (χ3v) is 7.83. The van der Waals surface area contributed by atoms with Crippen molar-refractivity contribution in [1.82, 2.24) is 0 Å². The molecule has 0 rings (SSSR count). The van der Waals surface area contributed by atoms with E-state index < -0.39 is 0 Å². The van der Waals surface area contributed by atoms with Gasteiger partial charge in [0.25, 0.3) is 0 Å². The summed E-state index contributed by atoms with van der Waals surface area (Å²) in [6.07, 6.45) is 0. The number of hydrogen-bond acceptors (Lipinski definition) is 7. The van der Waals surface area contributed by atoms with Crippen molar-refractivity contribution in [2.45, 2.75) is 10.5 Å². The van der Waals surface area contributed by atoms with Crippen molar-refractivity contribution in [3.8, 4) is 0 Å². The minimum Gasteiger partial charge on any atom is -0.395 e. The lowest BCUT2D eigenvalue weighted by molar-refractivity contribution is 0.301. The van der Waals surface area contributed by atoms with Crippen molar-refractivity contribution in [3.05, 3.63) is 0 Å². The lowest BCUT2D eigenvalue weighted by Gasteiger charge is -2.18. The number of hydrogen-bond donors (Lipinski definition) is 4. The van der Waals surface area contributed by atoms with Crippen molar-refractivity contribution >= 4 is 73.2 Å². The third-order valence-electron chi connectivity index (χ3n) is 1.91. The van der Waals surface area contributed by atoms with Crippen molar-refractivity contribution in [2.24, 2.45) is 0 Å². The van der Waals surface area contributed by atoms with Crippen LogP contribution in [0.25, 0.3) is 0 Å². The van der Waals surface area contributed by atoms with Crippen LogP contribution in [0, 0.1) is 0 Å². The van der Waals surface area contributed by atoms with Gasteiger partial charge in [-0.1, -0.05) is 0 Å². The molecule has 0 aromatic heterocycles. The Morgan fingerprint density at radius 2 is 1.59 bits per heavy atom. The van der Waals surface area contributed by atoms with Crippen LogP contribution in [-0.2, 0) is 0 Å². The van der Waals surface area contributed by atoms with Gasteiger partial charge in [-0.05, 0) is 11.5 Å². The minimum absolute atomic E-state index is 0.258. The molecule has 0 aliphatic rings. The van der Waals surface area contributed by atoms with Crippen LogP contribution >= 0.6 is 73.2 Å². The zero-order valence-corrected chi connectivity index (χ0v) is 15.0. The summed E-state index contributed by atoms with van der Waals surface area (Å²) in [7, 11) is 0. The summed E-state index contributed by atoms with van der Waals surface area (Å²) in [6, 6.07) is 0. The molecule has 0 aliphatic heterocycles. The fourth-order valence-corrected chi connectivity index (χ4v) is 5.59. The van der Waals surface area contributed by atoms with Gasteiger partial charge in [-0.15, -0.1) is 0 Å². The van der Waals surface area contributed by atoms with E-state index >= 15 is 0 Å². The van der Waals surface area contributed by atoms with E-state index in [1.54, 1.807) is 0 Å². The molecule has 0 radical (unpaired) electrons. The first-order valence-corrected chi connectivity index (χ1v) is 10.7. The van der Waals surface area contributed by atoms with Gasteiger partial charge in [0.15, 0.2) is 0 Å². The topological polar surface area (TPSA) is 20.2 Å². The van der Waals surface area contributed by atoms with Crippen LogP contribution in [0.15, 0.2) is 0 Å². The molecule has 0 aromatic rings. The molecule has 0 fully saturated rings. The van der Waals surface area contributed by atoms with E-state index in [1.165, 1.54) is 0 Å². The van der Waals surface area contributed by atoms with Crippen LogP contribution < -0.4 is 0 Å². The van der Waals surface area contributed by atoms with Gasteiger partial charge in [-0.2, -0.15) is 73.2 Å². The number of aliphatic hydroxyl groups is 1. The van der Waals surface area contributed by atoms with E-state index in [1.807, 2.05) is 35.3 Å². The summed E-state index contributed by atoms with van der Waals surface area (Å²) in [5.41, 5.74) is 0. The van der Waals surface area contributed by atoms with E-state index in [0.717, 1.165) is 40.3 Å². The standard InChI is InChI=1S/C10H22OS6/c11-5-9(16-4-2-13)8-17-10(6-14)7-15-3-1-12/h9-14H,1-8H2. The monoisotopic (exact) mass is 350 g/mol. The smallest absolute Gasteiger partial charge is 0.0558 e. The maximum atomic E-state index is 9.26. The Labute approximate surface area is 135 Å². The molecule has 0 aromatic carbocycles. The second kappa shape index (κ2) is 14.5. The highest BCUT2D eigenvalue weighted by atomic mass is 32.2. The maximum absolute atomic E-state index is 9.26. The van der Waals surface area contributed by atoms with Crippen molar-refractivity contribution < 1.29 is 5.11 Å². The highest BCUT2D eigenvalue weighted by Crippen LogP contribution is 2.23. The molecule has 104 valence electrons. The van der Waals surface area contributed by atoms with E-state index in [-0.39, 0.29) is 6.61 Å². The van der Waals surface area contributed by atoms with E-state index in [4.69, 9.17) is 0 Å². The Kier molecular flexibility index (Phi) is 16.2. The number of rotatable bonds is 12. The van der Waals surface area contributed by atoms with Gasteiger partial charge in [0.05, 0.1) is 6.61 Å². The Balaban J connectivity index is 3.69. The first-order chi connectivity index (χ1) is 8.28. The Hall–Kier alpha value is 2.06. The number of thioether (sulfide) groups is 3. The molecule has 2 atom stereocenters. The molecular weight excluding hydrogens is 329 g/mol. The molecule has 0 saturated carbocycles. The summed E-state index contributed by atoms with van der Waals surface area (Å²) in [5, 5.41) is 10.2. The maximum Gasteiger partial charge on any atom is 0.0558 e. The number of thiol groups is 3. The van der Waals surface area contributed by atoms with Gasteiger partial charge < -0.3 is 5.11 Å². The zero-order chi connectivity index (χ0) is 12.9. The lowest BCUT2D eigenvalue weighted by Crippen LogP contribution is -2.18. The molecule has 0 spiro atoms. The highest BCUT2D eigenvalue weighted by molar-refractivity contribution is 8.05. The predicted octanol–water partition coefficient (Wildman–Crippen LogP) is 2.70. The molecule has 0 saturated heterocycles. The highest BCUT2D eigenvalue weighted by Gasteiger charge is 2.13. The largest absolute Gasteiger partial charge is 0.395 e. The quantitative estimate of drug-likeness (QED) is 0.320. The third kappa shape index (κ3) is 11.6. The molecule has 2 unspecified atom stereocenters. The van der Waals surface area contributed by atoms with Gasteiger partial charge in [0, 0.05) is 39.3 Å². The Morgan fingerprint density at radius 3 is 2.12 bits per heavy atom. The van der Waals surface area contributed by atoms with Crippen LogP contribution in [-0.4, -0.2) is 62.5 Å².